The van der Waals surface area contributed by atoms with Gasteiger partial charge < -0.3 is 10.0 Å². The topological polar surface area (TPSA) is 23.5 Å². The molecule has 2 heteroatoms. The highest BCUT2D eigenvalue weighted by molar-refractivity contribution is 5.57. The smallest absolute Gasteiger partial charge is 0.0821 e. The highest BCUT2D eigenvalue weighted by Crippen LogP contribution is 2.33. The second kappa shape index (κ2) is 5.16. The standard InChI is InChI=1S/C17H25NO/c1-14-7-8-16-15(12-14)6-5-11-18(16)13-17(19)9-3-2-4-10-17/h7-8,12,19H,2-6,9-11,13H2,1H3. The molecule has 1 aliphatic carbocycles. The van der Waals surface area contributed by atoms with Crippen molar-refractivity contribution in [1.29, 1.82) is 0 Å². The number of aliphatic hydroxyl groups is 1. The molecule has 1 aliphatic heterocycles. The molecule has 1 fully saturated rings. The molecule has 3 rings (SSSR count). The number of nitrogens with zero attached hydrogens (tertiary/aromatic N) is 1. The van der Waals surface area contributed by atoms with Crippen LogP contribution in [0.1, 0.15) is 49.7 Å². The number of fused-ring (bicyclic) bond motifs is 1. The van der Waals surface area contributed by atoms with Crippen LogP contribution in [0.3, 0.4) is 0 Å². The van der Waals surface area contributed by atoms with Gasteiger partial charge >= 0.3 is 0 Å². The molecule has 0 saturated heterocycles. The quantitative estimate of drug-likeness (QED) is 0.879. The van der Waals surface area contributed by atoms with Crippen LogP contribution in [0.25, 0.3) is 0 Å². The number of anilines is 1. The van der Waals surface area contributed by atoms with Crippen LogP contribution < -0.4 is 4.90 Å². The zero-order chi connectivity index (χ0) is 13.3. The Kier molecular flexibility index (Phi) is 3.53. The third-order valence-corrected chi connectivity index (χ3v) is 4.72. The Morgan fingerprint density at radius 1 is 1.16 bits per heavy atom. The predicted molar refractivity (Wildman–Crippen MR) is 79.7 cm³/mol. The monoisotopic (exact) mass is 259 g/mol. The van der Waals surface area contributed by atoms with Gasteiger partial charge in [-0.1, -0.05) is 37.0 Å². The lowest BCUT2D eigenvalue weighted by atomic mass is 9.84. The van der Waals surface area contributed by atoms with Gasteiger partial charge in [-0.3, -0.25) is 0 Å². The first-order valence-corrected chi connectivity index (χ1v) is 7.73. The van der Waals surface area contributed by atoms with Crippen molar-refractivity contribution < 1.29 is 5.11 Å². The van der Waals surface area contributed by atoms with E-state index >= 15 is 0 Å². The van der Waals surface area contributed by atoms with E-state index in [-0.39, 0.29) is 0 Å². The van der Waals surface area contributed by atoms with E-state index in [1.165, 1.54) is 48.9 Å². The van der Waals surface area contributed by atoms with Crippen molar-refractivity contribution >= 4 is 5.69 Å². The summed E-state index contributed by atoms with van der Waals surface area (Å²) in [6.45, 7) is 4.08. The highest BCUT2D eigenvalue weighted by Gasteiger charge is 2.32. The van der Waals surface area contributed by atoms with E-state index in [0.717, 1.165) is 25.9 Å². The Labute approximate surface area is 116 Å². The summed E-state index contributed by atoms with van der Waals surface area (Å²) in [5.74, 6) is 0. The molecule has 1 N–H and O–H groups in total. The molecule has 0 amide bonds. The second-order valence-corrected chi connectivity index (χ2v) is 6.44. The maximum Gasteiger partial charge on any atom is 0.0821 e. The molecular weight excluding hydrogens is 234 g/mol. The first-order chi connectivity index (χ1) is 9.16. The van der Waals surface area contributed by atoms with Crippen molar-refractivity contribution in [3.8, 4) is 0 Å². The molecule has 0 radical (unpaired) electrons. The average Bonchev–Trinajstić information content (AvgIpc) is 2.39. The lowest BCUT2D eigenvalue weighted by molar-refractivity contribution is 0.0108. The van der Waals surface area contributed by atoms with E-state index in [2.05, 4.69) is 30.0 Å². The van der Waals surface area contributed by atoms with Crippen molar-refractivity contribution in [3.63, 3.8) is 0 Å². The number of aryl methyl sites for hydroxylation is 2. The summed E-state index contributed by atoms with van der Waals surface area (Å²) >= 11 is 0. The fourth-order valence-electron chi connectivity index (χ4n) is 3.69. The molecule has 19 heavy (non-hydrogen) atoms. The van der Waals surface area contributed by atoms with Crippen LogP contribution >= 0.6 is 0 Å². The van der Waals surface area contributed by atoms with Gasteiger partial charge in [-0.25, -0.2) is 0 Å². The zero-order valence-corrected chi connectivity index (χ0v) is 12.0. The Balaban J connectivity index is 1.79. The molecule has 104 valence electrons. The molecule has 0 spiro atoms. The van der Waals surface area contributed by atoms with Crippen LogP contribution in [-0.2, 0) is 6.42 Å². The lowest BCUT2D eigenvalue weighted by Crippen LogP contribution is -2.46. The van der Waals surface area contributed by atoms with Gasteiger partial charge in [0.15, 0.2) is 0 Å². The molecule has 0 bridgehead atoms. The number of benzene rings is 1. The third-order valence-electron chi connectivity index (χ3n) is 4.72. The number of hydrogen-bond acceptors (Lipinski definition) is 2. The van der Waals surface area contributed by atoms with Crippen molar-refractivity contribution in [2.75, 3.05) is 18.0 Å². The van der Waals surface area contributed by atoms with E-state index in [0.29, 0.717) is 0 Å². The Morgan fingerprint density at radius 2 is 1.95 bits per heavy atom. The van der Waals surface area contributed by atoms with Gasteiger partial charge in [0.25, 0.3) is 0 Å². The summed E-state index contributed by atoms with van der Waals surface area (Å²) in [6, 6.07) is 6.75. The SMILES string of the molecule is Cc1ccc2c(c1)CCCN2CC1(O)CCCCC1. The van der Waals surface area contributed by atoms with Gasteiger partial charge in [-0.2, -0.15) is 0 Å². The van der Waals surface area contributed by atoms with Gasteiger partial charge in [0.2, 0.25) is 0 Å². The van der Waals surface area contributed by atoms with Crippen LogP contribution in [0.2, 0.25) is 0 Å². The average molecular weight is 259 g/mol. The molecule has 1 aromatic carbocycles. The maximum atomic E-state index is 10.8. The third kappa shape index (κ3) is 2.79. The van der Waals surface area contributed by atoms with Gasteiger partial charge in [-0.05, 0) is 44.2 Å². The summed E-state index contributed by atoms with van der Waals surface area (Å²) in [7, 11) is 0. The van der Waals surface area contributed by atoms with Gasteiger partial charge in [0.1, 0.15) is 0 Å². The first-order valence-electron chi connectivity index (χ1n) is 7.73. The molecule has 1 aromatic rings. The Morgan fingerprint density at radius 3 is 2.74 bits per heavy atom. The van der Waals surface area contributed by atoms with Gasteiger partial charge in [0.05, 0.1) is 5.60 Å². The first kappa shape index (κ1) is 13.0. The molecular formula is C17H25NO. The predicted octanol–water partition coefficient (Wildman–Crippen LogP) is 3.44. The fraction of sp³-hybridized carbons (Fsp3) is 0.647. The van der Waals surface area contributed by atoms with Crippen LogP contribution in [-0.4, -0.2) is 23.8 Å². The van der Waals surface area contributed by atoms with Crippen LogP contribution in [0.15, 0.2) is 18.2 Å². The van der Waals surface area contributed by atoms with E-state index in [9.17, 15) is 5.11 Å². The molecule has 0 unspecified atom stereocenters. The van der Waals surface area contributed by atoms with Crippen LogP contribution in [0, 0.1) is 6.92 Å². The molecule has 0 atom stereocenters. The van der Waals surface area contributed by atoms with Crippen LogP contribution in [0.5, 0.6) is 0 Å². The Hall–Kier alpha value is -1.02. The van der Waals surface area contributed by atoms with E-state index in [4.69, 9.17) is 0 Å². The van der Waals surface area contributed by atoms with Crippen LogP contribution in [0.4, 0.5) is 5.69 Å². The summed E-state index contributed by atoms with van der Waals surface area (Å²) in [4.78, 5) is 2.42. The van der Waals surface area contributed by atoms with Gasteiger partial charge in [0, 0.05) is 18.8 Å². The van der Waals surface area contributed by atoms with Crippen molar-refractivity contribution in [2.24, 2.45) is 0 Å². The minimum absolute atomic E-state index is 0.447. The number of rotatable bonds is 2. The van der Waals surface area contributed by atoms with Crippen molar-refractivity contribution in [1.82, 2.24) is 0 Å². The minimum Gasteiger partial charge on any atom is -0.388 e. The highest BCUT2D eigenvalue weighted by atomic mass is 16.3. The van der Waals surface area contributed by atoms with Crippen molar-refractivity contribution in [3.05, 3.63) is 29.3 Å². The Bertz CT molecular complexity index is 449. The normalized spacial score (nSPS) is 22.1. The van der Waals surface area contributed by atoms with E-state index in [1.54, 1.807) is 0 Å². The molecule has 2 nitrogen and oxygen atoms in total. The minimum atomic E-state index is -0.447. The van der Waals surface area contributed by atoms with E-state index < -0.39 is 5.60 Å². The summed E-state index contributed by atoms with van der Waals surface area (Å²) in [6.07, 6.45) is 8.02. The van der Waals surface area contributed by atoms with Gasteiger partial charge in [-0.15, -0.1) is 0 Å². The summed E-state index contributed by atoms with van der Waals surface area (Å²) in [5, 5.41) is 10.8. The molecule has 1 saturated carbocycles. The fourth-order valence-corrected chi connectivity index (χ4v) is 3.69. The van der Waals surface area contributed by atoms with E-state index in [1.807, 2.05) is 0 Å². The van der Waals surface area contributed by atoms with Crippen molar-refractivity contribution in [2.45, 2.75) is 57.5 Å². The zero-order valence-electron chi connectivity index (χ0n) is 12.0. The summed E-state index contributed by atoms with van der Waals surface area (Å²) < 4.78 is 0. The largest absolute Gasteiger partial charge is 0.388 e. The number of β-amino-alcohol motifs (C(OH)–C–C–N with tert-alkyl or cyclic N) is 1. The molecule has 1 heterocycles. The maximum absolute atomic E-state index is 10.8. The second-order valence-electron chi connectivity index (χ2n) is 6.44. The molecule has 0 aromatic heterocycles. The summed E-state index contributed by atoms with van der Waals surface area (Å²) in [5.41, 5.74) is 3.72. The molecule has 2 aliphatic rings. The lowest BCUT2D eigenvalue weighted by Gasteiger charge is -2.40. The number of hydrogen-bond donors (Lipinski definition) is 1.